The van der Waals surface area contributed by atoms with Crippen molar-refractivity contribution in [2.45, 2.75) is 38.6 Å². The van der Waals surface area contributed by atoms with Crippen molar-refractivity contribution in [3.05, 3.63) is 23.8 Å². The molecular formula is C14H22N2O. The number of nitrogens with two attached hydrogens (primary N) is 1. The lowest BCUT2D eigenvalue weighted by Crippen LogP contribution is -2.34. The highest BCUT2D eigenvalue weighted by Crippen LogP contribution is 2.28. The maximum Gasteiger partial charge on any atom is 0.0478 e. The van der Waals surface area contributed by atoms with Crippen LogP contribution in [0.5, 0.6) is 0 Å². The number of aliphatic hydroxyl groups is 1. The van der Waals surface area contributed by atoms with Gasteiger partial charge in [0.05, 0.1) is 0 Å². The van der Waals surface area contributed by atoms with Crippen LogP contribution in [0, 0.1) is 12.8 Å². The molecule has 94 valence electrons. The third kappa shape index (κ3) is 2.91. The fraction of sp³-hybridized carbons (Fsp3) is 0.571. The predicted molar refractivity (Wildman–Crippen MR) is 72.0 cm³/mol. The van der Waals surface area contributed by atoms with Gasteiger partial charge in [-0.3, -0.25) is 0 Å². The molecule has 1 fully saturated rings. The number of hydrogen-bond donors (Lipinski definition) is 3. The first kappa shape index (κ1) is 12.2. The van der Waals surface area contributed by atoms with Crippen molar-refractivity contribution in [1.29, 1.82) is 0 Å². The summed E-state index contributed by atoms with van der Waals surface area (Å²) in [5.41, 5.74) is 8.86. The topological polar surface area (TPSA) is 58.3 Å². The molecule has 1 aromatic carbocycles. The highest BCUT2D eigenvalue weighted by molar-refractivity contribution is 5.58. The SMILES string of the molecule is Cc1cc(N)ccc1NC1CCCCC1CO. The van der Waals surface area contributed by atoms with E-state index in [0.29, 0.717) is 12.0 Å². The van der Waals surface area contributed by atoms with Crippen molar-refractivity contribution in [2.75, 3.05) is 17.7 Å². The van der Waals surface area contributed by atoms with E-state index in [1.807, 2.05) is 18.2 Å². The Labute approximate surface area is 103 Å². The van der Waals surface area contributed by atoms with Gasteiger partial charge in [-0.1, -0.05) is 12.8 Å². The lowest BCUT2D eigenvalue weighted by atomic mass is 9.85. The van der Waals surface area contributed by atoms with Gasteiger partial charge in [-0.15, -0.1) is 0 Å². The highest BCUT2D eigenvalue weighted by atomic mass is 16.3. The van der Waals surface area contributed by atoms with Crippen LogP contribution in [0.15, 0.2) is 18.2 Å². The van der Waals surface area contributed by atoms with Gasteiger partial charge in [0.25, 0.3) is 0 Å². The molecule has 1 saturated carbocycles. The van der Waals surface area contributed by atoms with E-state index in [1.165, 1.54) is 18.4 Å². The summed E-state index contributed by atoms with van der Waals surface area (Å²) in [6.45, 7) is 2.35. The highest BCUT2D eigenvalue weighted by Gasteiger charge is 2.24. The maximum atomic E-state index is 9.39. The fourth-order valence-electron chi connectivity index (χ4n) is 2.66. The van der Waals surface area contributed by atoms with Crippen LogP contribution < -0.4 is 11.1 Å². The van der Waals surface area contributed by atoms with Gasteiger partial charge in [-0.25, -0.2) is 0 Å². The zero-order chi connectivity index (χ0) is 12.3. The second-order valence-corrected chi connectivity index (χ2v) is 5.05. The standard InChI is InChI=1S/C14H22N2O/c1-10-8-12(15)6-7-13(10)16-14-5-3-2-4-11(14)9-17/h6-8,11,14,16-17H,2-5,9,15H2,1H3. The van der Waals surface area contributed by atoms with Crippen molar-refractivity contribution < 1.29 is 5.11 Å². The van der Waals surface area contributed by atoms with Crippen LogP contribution in [0.3, 0.4) is 0 Å². The Morgan fingerprint density at radius 3 is 2.82 bits per heavy atom. The van der Waals surface area contributed by atoms with Gasteiger partial charge < -0.3 is 16.2 Å². The molecule has 3 nitrogen and oxygen atoms in total. The molecule has 2 atom stereocenters. The average Bonchev–Trinajstić information content (AvgIpc) is 2.33. The lowest BCUT2D eigenvalue weighted by Gasteiger charge is -2.32. The van der Waals surface area contributed by atoms with Gasteiger partial charge in [0.2, 0.25) is 0 Å². The minimum Gasteiger partial charge on any atom is -0.399 e. The molecule has 0 bridgehead atoms. The summed E-state index contributed by atoms with van der Waals surface area (Å²) in [7, 11) is 0. The number of nitrogen functional groups attached to an aromatic ring is 1. The van der Waals surface area contributed by atoms with Crippen LogP contribution in [-0.2, 0) is 0 Å². The maximum absolute atomic E-state index is 9.39. The van der Waals surface area contributed by atoms with Gasteiger partial charge in [0.1, 0.15) is 0 Å². The molecule has 0 saturated heterocycles. The van der Waals surface area contributed by atoms with E-state index in [0.717, 1.165) is 24.2 Å². The molecule has 17 heavy (non-hydrogen) atoms. The normalized spacial score (nSPS) is 24.6. The van der Waals surface area contributed by atoms with E-state index in [-0.39, 0.29) is 6.61 Å². The van der Waals surface area contributed by atoms with Crippen LogP contribution in [0.25, 0.3) is 0 Å². The molecule has 2 rings (SSSR count). The van der Waals surface area contributed by atoms with Gasteiger partial charge in [0, 0.05) is 29.9 Å². The Balaban J connectivity index is 2.08. The van der Waals surface area contributed by atoms with Crippen LogP contribution >= 0.6 is 0 Å². The molecule has 3 heteroatoms. The van der Waals surface area contributed by atoms with Gasteiger partial charge in [-0.2, -0.15) is 0 Å². The molecule has 0 heterocycles. The zero-order valence-corrected chi connectivity index (χ0v) is 10.4. The Morgan fingerprint density at radius 1 is 1.35 bits per heavy atom. The first-order chi connectivity index (χ1) is 8.20. The summed E-state index contributed by atoms with van der Waals surface area (Å²) in [4.78, 5) is 0. The minimum atomic E-state index is 0.283. The molecule has 1 aromatic rings. The van der Waals surface area contributed by atoms with Crippen molar-refractivity contribution in [3.8, 4) is 0 Å². The molecule has 2 unspecified atom stereocenters. The van der Waals surface area contributed by atoms with Crippen molar-refractivity contribution >= 4 is 11.4 Å². The summed E-state index contributed by atoms with van der Waals surface area (Å²) >= 11 is 0. The molecule has 0 radical (unpaired) electrons. The number of aryl methyl sites for hydroxylation is 1. The third-order valence-corrected chi connectivity index (χ3v) is 3.73. The number of anilines is 2. The number of aliphatic hydroxyl groups excluding tert-OH is 1. The molecule has 0 aliphatic heterocycles. The van der Waals surface area contributed by atoms with E-state index in [1.54, 1.807) is 0 Å². The third-order valence-electron chi connectivity index (χ3n) is 3.73. The number of hydrogen-bond acceptors (Lipinski definition) is 3. The van der Waals surface area contributed by atoms with Crippen molar-refractivity contribution in [2.24, 2.45) is 5.92 Å². The van der Waals surface area contributed by atoms with Gasteiger partial charge in [-0.05, 0) is 43.5 Å². The van der Waals surface area contributed by atoms with Crippen LogP contribution in [0.1, 0.15) is 31.2 Å². The lowest BCUT2D eigenvalue weighted by molar-refractivity contribution is 0.178. The quantitative estimate of drug-likeness (QED) is 0.704. The van der Waals surface area contributed by atoms with Gasteiger partial charge in [0.15, 0.2) is 0 Å². The Hall–Kier alpha value is -1.22. The van der Waals surface area contributed by atoms with Crippen molar-refractivity contribution in [1.82, 2.24) is 0 Å². The number of nitrogens with one attached hydrogen (secondary N) is 1. The fourth-order valence-corrected chi connectivity index (χ4v) is 2.66. The van der Waals surface area contributed by atoms with Crippen LogP contribution in [-0.4, -0.2) is 17.8 Å². The van der Waals surface area contributed by atoms with Crippen LogP contribution in [0.4, 0.5) is 11.4 Å². The smallest absolute Gasteiger partial charge is 0.0478 e. The minimum absolute atomic E-state index is 0.283. The summed E-state index contributed by atoms with van der Waals surface area (Å²) in [5, 5.41) is 13.0. The monoisotopic (exact) mass is 234 g/mol. The summed E-state index contributed by atoms with van der Waals surface area (Å²) < 4.78 is 0. The molecule has 0 spiro atoms. The molecule has 1 aliphatic carbocycles. The zero-order valence-electron chi connectivity index (χ0n) is 10.4. The summed E-state index contributed by atoms with van der Waals surface area (Å²) in [5.74, 6) is 0.390. The second kappa shape index (κ2) is 5.41. The molecule has 0 aromatic heterocycles. The Morgan fingerprint density at radius 2 is 2.12 bits per heavy atom. The average molecular weight is 234 g/mol. The Kier molecular flexibility index (Phi) is 3.89. The van der Waals surface area contributed by atoms with Crippen LogP contribution in [0.2, 0.25) is 0 Å². The number of rotatable bonds is 3. The van der Waals surface area contributed by atoms with Crippen molar-refractivity contribution in [3.63, 3.8) is 0 Å². The second-order valence-electron chi connectivity index (χ2n) is 5.05. The largest absolute Gasteiger partial charge is 0.399 e. The van der Waals surface area contributed by atoms with E-state index < -0.39 is 0 Å². The first-order valence-electron chi connectivity index (χ1n) is 6.44. The van der Waals surface area contributed by atoms with E-state index >= 15 is 0 Å². The van der Waals surface area contributed by atoms with E-state index in [9.17, 15) is 5.11 Å². The molecular weight excluding hydrogens is 212 g/mol. The first-order valence-corrected chi connectivity index (χ1v) is 6.44. The number of benzene rings is 1. The molecule has 4 N–H and O–H groups in total. The summed E-state index contributed by atoms with van der Waals surface area (Å²) in [6, 6.07) is 6.34. The Bertz CT molecular complexity index is 378. The van der Waals surface area contributed by atoms with Gasteiger partial charge >= 0.3 is 0 Å². The summed E-state index contributed by atoms with van der Waals surface area (Å²) in [6.07, 6.45) is 4.77. The van der Waals surface area contributed by atoms with E-state index in [4.69, 9.17) is 5.73 Å². The molecule has 0 amide bonds. The predicted octanol–water partition coefficient (Wildman–Crippen LogP) is 2.54. The van der Waals surface area contributed by atoms with E-state index in [2.05, 4.69) is 12.2 Å². The molecule has 1 aliphatic rings.